The molecule has 158 valence electrons. The van der Waals surface area contributed by atoms with Gasteiger partial charge in [-0.05, 0) is 52.0 Å². The lowest BCUT2D eigenvalue weighted by molar-refractivity contribution is 0.499. The summed E-state index contributed by atoms with van der Waals surface area (Å²) in [5, 5.41) is 20.6. The first-order valence-corrected chi connectivity index (χ1v) is 11.2. The first-order valence-electron chi connectivity index (χ1n) is 11.2. The van der Waals surface area contributed by atoms with Gasteiger partial charge in [0.05, 0.1) is 5.69 Å². The zero-order valence-corrected chi connectivity index (χ0v) is 18.0. The van der Waals surface area contributed by atoms with Crippen molar-refractivity contribution >= 4 is 5.96 Å². The van der Waals surface area contributed by atoms with Crippen LogP contribution < -0.4 is 10.6 Å². The van der Waals surface area contributed by atoms with E-state index in [1.807, 2.05) is 0 Å². The highest BCUT2D eigenvalue weighted by Crippen LogP contribution is 2.22. The van der Waals surface area contributed by atoms with Crippen molar-refractivity contribution in [2.24, 2.45) is 4.99 Å². The highest BCUT2D eigenvalue weighted by atomic mass is 15.3. The molecule has 0 aromatic carbocycles. The van der Waals surface area contributed by atoms with Crippen molar-refractivity contribution in [2.45, 2.75) is 90.9 Å². The molecule has 4 rings (SSSR count). The summed E-state index contributed by atoms with van der Waals surface area (Å²) in [4.78, 5) is 4.82. The van der Waals surface area contributed by atoms with E-state index in [4.69, 9.17) is 10.1 Å². The van der Waals surface area contributed by atoms with E-state index in [1.165, 1.54) is 30.5 Å². The number of nitrogens with one attached hydrogen (secondary N) is 2. The number of fused-ring (bicyclic) bond motifs is 2. The van der Waals surface area contributed by atoms with Crippen LogP contribution in [0.15, 0.2) is 11.2 Å². The maximum Gasteiger partial charge on any atom is 0.191 e. The van der Waals surface area contributed by atoms with Crippen LogP contribution >= 0.6 is 0 Å². The summed E-state index contributed by atoms with van der Waals surface area (Å²) in [5.41, 5.74) is 2.62. The molecule has 1 aliphatic heterocycles. The van der Waals surface area contributed by atoms with Crippen molar-refractivity contribution in [3.63, 3.8) is 0 Å². The predicted molar refractivity (Wildman–Crippen MR) is 114 cm³/mol. The quantitative estimate of drug-likeness (QED) is 0.597. The predicted octanol–water partition coefficient (Wildman–Crippen LogP) is 2.39. The lowest BCUT2D eigenvalue weighted by Crippen LogP contribution is -2.45. The van der Waals surface area contributed by atoms with Gasteiger partial charge in [-0.15, -0.1) is 10.2 Å². The van der Waals surface area contributed by atoms with Crippen LogP contribution in [0.25, 0.3) is 0 Å². The van der Waals surface area contributed by atoms with Gasteiger partial charge >= 0.3 is 0 Å². The van der Waals surface area contributed by atoms with Crippen molar-refractivity contribution in [1.82, 2.24) is 35.2 Å². The molecule has 1 aliphatic carbocycles. The van der Waals surface area contributed by atoms with Crippen LogP contribution in [0.2, 0.25) is 0 Å². The molecule has 2 aromatic rings. The van der Waals surface area contributed by atoms with Gasteiger partial charge in [0.15, 0.2) is 11.8 Å². The second-order valence-electron chi connectivity index (χ2n) is 8.45. The number of aliphatic imine (C=N–C) groups is 1. The van der Waals surface area contributed by atoms with Gasteiger partial charge in [0.25, 0.3) is 0 Å². The van der Waals surface area contributed by atoms with E-state index in [9.17, 15) is 0 Å². The smallest absolute Gasteiger partial charge is 0.191 e. The number of aryl methyl sites for hydroxylation is 2. The molecule has 29 heavy (non-hydrogen) atoms. The minimum atomic E-state index is 0.353. The minimum absolute atomic E-state index is 0.353. The Hall–Kier alpha value is -2.38. The molecular formula is C21H34N8. The third-order valence-corrected chi connectivity index (χ3v) is 5.88. The Morgan fingerprint density at radius 2 is 2.14 bits per heavy atom. The van der Waals surface area contributed by atoms with Crippen LogP contribution in [-0.2, 0) is 32.4 Å². The Balaban J connectivity index is 1.42. The van der Waals surface area contributed by atoms with E-state index >= 15 is 0 Å². The summed E-state index contributed by atoms with van der Waals surface area (Å²) in [7, 11) is 0. The molecule has 2 aromatic heterocycles. The van der Waals surface area contributed by atoms with Crippen molar-refractivity contribution < 1.29 is 0 Å². The molecule has 0 saturated heterocycles. The van der Waals surface area contributed by atoms with Gasteiger partial charge in [0, 0.05) is 44.2 Å². The van der Waals surface area contributed by atoms with Gasteiger partial charge < -0.3 is 15.2 Å². The van der Waals surface area contributed by atoms with Crippen LogP contribution in [0.3, 0.4) is 0 Å². The summed E-state index contributed by atoms with van der Waals surface area (Å²) < 4.78 is 4.36. The molecule has 8 nitrogen and oxygen atoms in total. The first-order chi connectivity index (χ1) is 14.1. The lowest BCUT2D eigenvalue weighted by Gasteiger charge is -2.24. The molecule has 0 amide bonds. The normalized spacial score (nSPS) is 19.6. The van der Waals surface area contributed by atoms with Crippen molar-refractivity contribution in [2.75, 3.05) is 6.54 Å². The summed E-state index contributed by atoms with van der Waals surface area (Å²) in [5.74, 6) is 2.95. The first kappa shape index (κ1) is 19.9. The largest absolute Gasteiger partial charge is 0.357 e. The molecule has 0 saturated carbocycles. The summed E-state index contributed by atoms with van der Waals surface area (Å²) in [6.07, 6.45) is 10.0. The van der Waals surface area contributed by atoms with E-state index in [1.54, 1.807) is 0 Å². The van der Waals surface area contributed by atoms with Crippen LogP contribution in [0.5, 0.6) is 0 Å². The molecule has 0 spiro atoms. The van der Waals surface area contributed by atoms with Crippen LogP contribution in [-0.4, -0.2) is 43.1 Å². The van der Waals surface area contributed by atoms with Crippen molar-refractivity contribution in [3.05, 3.63) is 29.1 Å². The van der Waals surface area contributed by atoms with Gasteiger partial charge in [-0.1, -0.05) is 6.42 Å². The molecule has 2 aliphatic rings. The Labute approximate surface area is 173 Å². The monoisotopic (exact) mass is 398 g/mol. The van der Waals surface area contributed by atoms with Gasteiger partial charge in [-0.25, -0.2) is 4.99 Å². The Bertz CT molecular complexity index is 847. The molecule has 2 N–H and O–H groups in total. The fraction of sp³-hybridized carbons (Fsp3) is 0.714. The SMILES string of the molecule is CCNC(=NCc1nnc2n1CCCCC2)NC1CCc2cn(C(C)C)nc2C1. The van der Waals surface area contributed by atoms with Crippen molar-refractivity contribution in [1.29, 1.82) is 0 Å². The van der Waals surface area contributed by atoms with Crippen LogP contribution in [0, 0.1) is 0 Å². The van der Waals surface area contributed by atoms with E-state index in [-0.39, 0.29) is 0 Å². The summed E-state index contributed by atoms with van der Waals surface area (Å²) in [6, 6.07) is 0.760. The third-order valence-electron chi connectivity index (χ3n) is 5.88. The Kier molecular flexibility index (Phi) is 6.16. The van der Waals surface area contributed by atoms with E-state index in [0.29, 0.717) is 18.6 Å². The number of aromatic nitrogens is 5. The second-order valence-corrected chi connectivity index (χ2v) is 8.45. The number of nitrogens with zero attached hydrogens (tertiary/aromatic N) is 6. The average molecular weight is 399 g/mol. The molecule has 1 unspecified atom stereocenters. The Morgan fingerprint density at radius 1 is 1.24 bits per heavy atom. The highest BCUT2D eigenvalue weighted by Gasteiger charge is 2.23. The fourth-order valence-electron chi connectivity index (χ4n) is 4.23. The van der Waals surface area contributed by atoms with E-state index in [0.717, 1.165) is 56.4 Å². The fourth-order valence-corrected chi connectivity index (χ4v) is 4.23. The summed E-state index contributed by atoms with van der Waals surface area (Å²) in [6.45, 7) is 8.86. The molecule has 0 radical (unpaired) electrons. The standard InChI is InChI=1S/C21H34N8/c1-4-22-21(23-13-20-26-25-19-8-6-5-7-11-28(19)20)24-17-10-9-16-14-29(15(2)3)27-18(16)12-17/h14-15,17H,4-13H2,1-3H3,(H2,22,23,24). The zero-order valence-electron chi connectivity index (χ0n) is 18.0. The lowest BCUT2D eigenvalue weighted by atomic mass is 9.94. The number of hydrogen-bond acceptors (Lipinski definition) is 4. The topological polar surface area (TPSA) is 85.0 Å². The van der Waals surface area contributed by atoms with Crippen molar-refractivity contribution in [3.8, 4) is 0 Å². The Morgan fingerprint density at radius 3 is 2.97 bits per heavy atom. The minimum Gasteiger partial charge on any atom is -0.357 e. The average Bonchev–Trinajstić information content (AvgIpc) is 3.23. The molecule has 8 heteroatoms. The van der Waals surface area contributed by atoms with Gasteiger partial charge in [0.1, 0.15) is 12.4 Å². The maximum absolute atomic E-state index is 4.82. The summed E-state index contributed by atoms with van der Waals surface area (Å²) >= 11 is 0. The number of guanidine groups is 1. The second kappa shape index (κ2) is 8.97. The molecule has 0 fully saturated rings. The van der Waals surface area contributed by atoms with E-state index in [2.05, 4.69) is 57.0 Å². The third kappa shape index (κ3) is 4.62. The van der Waals surface area contributed by atoms with Gasteiger partial charge in [-0.2, -0.15) is 5.10 Å². The number of hydrogen-bond donors (Lipinski definition) is 2. The number of rotatable bonds is 5. The molecular weight excluding hydrogens is 364 g/mol. The van der Waals surface area contributed by atoms with E-state index < -0.39 is 0 Å². The molecule has 1 atom stereocenters. The zero-order chi connectivity index (χ0) is 20.2. The van der Waals surface area contributed by atoms with Gasteiger partial charge in [0.2, 0.25) is 0 Å². The molecule has 3 heterocycles. The highest BCUT2D eigenvalue weighted by molar-refractivity contribution is 5.80. The van der Waals surface area contributed by atoms with Crippen LogP contribution in [0.4, 0.5) is 0 Å². The molecule has 0 bridgehead atoms. The van der Waals surface area contributed by atoms with Crippen LogP contribution in [0.1, 0.15) is 75.4 Å². The van der Waals surface area contributed by atoms with Gasteiger partial charge in [-0.3, -0.25) is 4.68 Å². The maximum atomic E-state index is 4.82.